The number of amides is 1. The van der Waals surface area contributed by atoms with E-state index in [1.807, 2.05) is 13.0 Å². The molecule has 0 bridgehead atoms. The molecule has 0 fully saturated rings. The molecule has 0 spiro atoms. The number of nitrogens with one attached hydrogen (secondary N) is 1. The first-order chi connectivity index (χ1) is 11.4. The molecule has 2 rings (SSSR count). The van der Waals surface area contributed by atoms with Crippen molar-refractivity contribution < 1.29 is 19.1 Å². The quantitative estimate of drug-likeness (QED) is 0.783. The van der Waals surface area contributed by atoms with Crippen molar-refractivity contribution in [3.8, 4) is 5.75 Å². The highest BCUT2D eigenvalue weighted by Gasteiger charge is 2.19. The third-order valence-electron chi connectivity index (χ3n) is 3.39. The Hall–Kier alpha value is -2.34. The van der Waals surface area contributed by atoms with Crippen molar-refractivity contribution in [2.24, 2.45) is 0 Å². The van der Waals surface area contributed by atoms with Gasteiger partial charge in [-0.2, -0.15) is 0 Å². The number of benzene rings is 2. The van der Waals surface area contributed by atoms with Gasteiger partial charge in [0.15, 0.2) is 6.10 Å². The van der Waals surface area contributed by atoms with Gasteiger partial charge in [0.2, 0.25) is 0 Å². The molecule has 0 unspecified atom stereocenters. The van der Waals surface area contributed by atoms with Crippen molar-refractivity contribution >= 4 is 33.5 Å². The van der Waals surface area contributed by atoms with Crippen LogP contribution in [0.25, 0.3) is 0 Å². The first-order valence-corrected chi connectivity index (χ1v) is 8.12. The third-order valence-corrected chi connectivity index (χ3v) is 3.88. The highest BCUT2D eigenvalue weighted by molar-refractivity contribution is 9.10. The van der Waals surface area contributed by atoms with Crippen molar-refractivity contribution in [2.75, 3.05) is 12.4 Å². The maximum absolute atomic E-state index is 12.2. The van der Waals surface area contributed by atoms with Gasteiger partial charge in [-0.1, -0.05) is 28.1 Å². The molecule has 0 aliphatic rings. The molecule has 2 aromatic carbocycles. The lowest BCUT2D eigenvalue weighted by Gasteiger charge is -2.14. The van der Waals surface area contributed by atoms with Crippen LogP contribution in [0.1, 0.15) is 22.8 Å². The number of rotatable bonds is 5. The predicted octanol–water partition coefficient (Wildman–Crippen LogP) is 3.95. The Labute approximate surface area is 149 Å². The van der Waals surface area contributed by atoms with E-state index >= 15 is 0 Å². The summed E-state index contributed by atoms with van der Waals surface area (Å²) in [6, 6.07) is 12.2. The number of halogens is 1. The van der Waals surface area contributed by atoms with E-state index in [9.17, 15) is 9.59 Å². The summed E-state index contributed by atoms with van der Waals surface area (Å²) in [5.74, 6) is -0.388. The first kappa shape index (κ1) is 18.0. The van der Waals surface area contributed by atoms with Gasteiger partial charge < -0.3 is 14.8 Å². The van der Waals surface area contributed by atoms with Crippen LogP contribution in [0.5, 0.6) is 5.75 Å². The molecule has 0 saturated carbocycles. The molecule has 0 aliphatic carbocycles. The fourth-order valence-corrected chi connectivity index (χ4v) is 2.44. The molecule has 5 nitrogen and oxygen atoms in total. The van der Waals surface area contributed by atoms with Gasteiger partial charge in [0.1, 0.15) is 5.75 Å². The highest BCUT2D eigenvalue weighted by Crippen LogP contribution is 2.20. The van der Waals surface area contributed by atoms with E-state index in [2.05, 4.69) is 21.2 Å². The van der Waals surface area contributed by atoms with Crippen molar-refractivity contribution in [2.45, 2.75) is 20.0 Å². The Bertz CT molecular complexity index is 760. The van der Waals surface area contributed by atoms with Gasteiger partial charge in [0, 0.05) is 10.2 Å². The average molecular weight is 392 g/mol. The predicted molar refractivity (Wildman–Crippen MR) is 95.4 cm³/mol. The van der Waals surface area contributed by atoms with Crippen molar-refractivity contribution in [3.63, 3.8) is 0 Å². The van der Waals surface area contributed by atoms with Crippen LogP contribution in [-0.4, -0.2) is 25.1 Å². The molecule has 1 amide bonds. The molecule has 0 aromatic heterocycles. The smallest absolute Gasteiger partial charge is 0.339 e. The van der Waals surface area contributed by atoms with Gasteiger partial charge >= 0.3 is 5.97 Å². The van der Waals surface area contributed by atoms with Crippen LogP contribution in [-0.2, 0) is 9.53 Å². The Kier molecular flexibility index (Phi) is 5.98. The number of carbonyl (C=O) groups is 2. The zero-order chi connectivity index (χ0) is 17.7. The lowest BCUT2D eigenvalue weighted by atomic mass is 10.1. The number of hydrogen-bond acceptors (Lipinski definition) is 4. The van der Waals surface area contributed by atoms with Crippen molar-refractivity contribution in [1.29, 1.82) is 0 Å². The van der Waals surface area contributed by atoms with Crippen LogP contribution >= 0.6 is 15.9 Å². The van der Waals surface area contributed by atoms with E-state index in [1.165, 1.54) is 14.0 Å². The average Bonchev–Trinajstić information content (AvgIpc) is 2.55. The summed E-state index contributed by atoms with van der Waals surface area (Å²) in [6.45, 7) is 3.40. The molecular weight excluding hydrogens is 374 g/mol. The molecular formula is C18H18BrNO4. The minimum Gasteiger partial charge on any atom is -0.496 e. The van der Waals surface area contributed by atoms with Crippen LogP contribution < -0.4 is 10.1 Å². The number of aryl methyl sites for hydroxylation is 1. The normalized spacial score (nSPS) is 11.5. The molecule has 1 N–H and O–H groups in total. The lowest BCUT2D eigenvalue weighted by molar-refractivity contribution is -0.123. The summed E-state index contributed by atoms with van der Waals surface area (Å²) < 4.78 is 11.3. The van der Waals surface area contributed by atoms with Crippen LogP contribution in [0.15, 0.2) is 46.9 Å². The Balaban J connectivity index is 2.01. The minimum atomic E-state index is -0.927. The first-order valence-electron chi connectivity index (χ1n) is 7.32. The monoisotopic (exact) mass is 391 g/mol. The van der Waals surface area contributed by atoms with E-state index in [-0.39, 0.29) is 0 Å². The molecule has 24 heavy (non-hydrogen) atoms. The van der Waals surface area contributed by atoms with E-state index < -0.39 is 18.0 Å². The van der Waals surface area contributed by atoms with Gasteiger partial charge in [-0.05, 0) is 49.7 Å². The standard InChI is InChI=1S/C18H18BrNO4/c1-11-7-8-13(9-16(11)23-3)18(22)24-12(2)17(21)20-15-6-4-5-14(19)10-15/h4-10,12H,1-3H3,(H,20,21)/t12-/m1/s1. The maximum Gasteiger partial charge on any atom is 0.339 e. The second-order valence-electron chi connectivity index (χ2n) is 5.23. The SMILES string of the molecule is COc1cc(C(=O)O[C@H](C)C(=O)Nc2cccc(Br)c2)ccc1C. The molecule has 0 heterocycles. The van der Waals surface area contributed by atoms with E-state index in [4.69, 9.17) is 9.47 Å². The van der Waals surface area contributed by atoms with Gasteiger partial charge in [0.25, 0.3) is 5.91 Å². The maximum atomic E-state index is 12.2. The minimum absolute atomic E-state index is 0.333. The molecule has 0 radical (unpaired) electrons. The Morgan fingerprint density at radius 1 is 1.17 bits per heavy atom. The molecule has 0 saturated heterocycles. The zero-order valence-electron chi connectivity index (χ0n) is 13.6. The number of methoxy groups -OCH3 is 1. The Morgan fingerprint density at radius 2 is 1.92 bits per heavy atom. The van der Waals surface area contributed by atoms with Crippen LogP contribution in [0, 0.1) is 6.92 Å². The third kappa shape index (κ3) is 4.58. The highest BCUT2D eigenvalue weighted by atomic mass is 79.9. The van der Waals surface area contributed by atoms with Crippen LogP contribution in [0.4, 0.5) is 5.69 Å². The molecule has 0 aliphatic heterocycles. The zero-order valence-corrected chi connectivity index (χ0v) is 15.2. The van der Waals surface area contributed by atoms with Crippen molar-refractivity contribution in [1.82, 2.24) is 0 Å². The summed E-state index contributed by atoms with van der Waals surface area (Å²) in [5, 5.41) is 2.70. The summed E-state index contributed by atoms with van der Waals surface area (Å²) in [7, 11) is 1.53. The molecule has 126 valence electrons. The lowest BCUT2D eigenvalue weighted by Crippen LogP contribution is -2.30. The second-order valence-corrected chi connectivity index (χ2v) is 6.15. The van der Waals surface area contributed by atoms with Crippen LogP contribution in [0.2, 0.25) is 0 Å². The molecule has 2 aromatic rings. The summed E-state index contributed by atoms with van der Waals surface area (Å²) >= 11 is 3.33. The number of anilines is 1. The number of hydrogen-bond donors (Lipinski definition) is 1. The topological polar surface area (TPSA) is 64.6 Å². The van der Waals surface area contributed by atoms with Crippen LogP contribution in [0.3, 0.4) is 0 Å². The van der Waals surface area contributed by atoms with Gasteiger partial charge in [-0.15, -0.1) is 0 Å². The van der Waals surface area contributed by atoms with E-state index in [1.54, 1.807) is 36.4 Å². The summed E-state index contributed by atoms with van der Waals surface area (Å²) in [5.41, 5.74) is 1.86. The summed E-state index contributed by atoms with van der Waals surface area (Å²) in [6.07, 6.45) is -0.927. The van der Waals surface area contributed by atoms with Gasteiger partial charge in [0.05, 0.1) is 12.7 Å². The van der Waals surface area contributed by atoms with E-state index in [0.29, 0.717) is 17.0 Å². The number of ether oxygens (including phenoxy) is 2. The Morgan fingerprint density at radius 3 is 2.58 bits per heavy atom. The van der Waals surface area contributed by atoms with Gasteiger partial charge in [-0.25, -0.2) is 4.79 Å². The largest absolute Gasteiger partial charge is 0.496 e. The summed E-state index contributed by atoms with van der Waals surface area (Å²) in [4.78, 5) is 24.3. The fraction of sp³-hybridized carbons (Fsp3) is 0.222. The number of esters is 1. The molecule has 1 atom stereocenters. The van der Waals surface area contributed by atoms with Crippen molar-refractivity contribution in [3.05, 3.63) is 58.1 Å². The second kappa shape index (κ2) is 7.97. The molecule has 6 heteroatoms. The number of carbonyl (C=O) groups excluding carboxylic acids is 2. The fourth-order valence-electron chi connectivity index (χ4n) is 2.04. The van der Waals surface area contributed by atoms with E-state index in [0.717, 1.165) is 10.0 Å². The van der Waals surface area contributed by atoms with Gasteiger partial charge in [-0.3, -0.25) is 4.79 Å².